The third kappa shape index (κ3) is 2.87. The molecule has 0 spiro atoms. The molecular formula is C10H18N2O2. The van der Waals surface area contributed by atoms with Crippen molar-refractivity contribution in [3.05, 3.63) is 0 Å². The summed E-state index contributed by atoms with van der Waals surface area (Å²) in [6.45, 7) is 3.65. The number of hydrogen-bond acceptors (Lipinski definition) is 2. The first-order chi connectivity index (χ1) is 6.86. The molecule has 4 heteroatoms. The molecule has 1 aliphatic heterocycles. The predicted molar refractivity (Wildman–Crippen MR) is 53.1 cm³/mol. The number of morpholine rings is 1. The highest BCUT2D eigenvalue weighted by Gasteiger charge is 2.21. The van der Waals surface area contributed by atoms with Crippen LogP contribution in [0.25, 0.3) is 0 Å². The Balaban J connectivity index is 1.60. The standard InChI is InChI=1S/C10H18N2O2/c13-10(11-4-3-9-1-2-9)12-5-7-14-8-6-12/h9H,1-8H2,(H,11,13). The third-order valence-electron chi connectivity index (χ3n) is 2.82. The maximum Gasteiger partial charge on any atom is 0.317 e. The first kappa shape index (κ1) is 9.77. The summed E-state index contributed by atoms with van der Waals surface area (Å²) in [6, 6.07) is 0.0777. The molecule has 0 aromatic heterocycles. The molecule has 1 saturated heterocycles. The van der Waals surface area contributed by atoms with Crippen LogP contribution in [0.2, 0.25) is 0 Å². The number of carbonyl (C=O) groups is 1. The molecule has 4 nitrogen and oxygen atoms in total. The van der Waals surface area contributed by atoms with E-state index in [0.717, 1.165) is 32.0 Å². The molecular weight excluding hydrogens is 180 g/mol. The monoisotopic (exact) mass is 198 g/mol. The predicted octanol–water partition coefficient (Wildman–Crippen LogP) is 0.828. The van der Waals surface area contributed by atoms with Crippen molar-refractivity contribution in [1.82, 2.24) is 10.2 Å². The summed E-state index contributed by atoms with van der Waals surface area (Å²) < 4.78 is 5.18. The second-order valence-electron chi connectivity index (χ2n) is 4.06. The van der Waals surface area contributed by atoms with Gasteiger partial charge >= 0.3 is 6.03 Å². The normalized spacial score (nSPS) is 22.1. The third-order valence-corrected chi connectivity index (χ3v) is 2.82. The van der Waals surface area contributed by atoms with Gasteiger partial charge in [-0.25, -0.2) is 4.79 Å². The molecule has 1 aliphatic carbocycles. The van der Waals surface area contributed by atoms with Gasteiger partial charge in [0.25, 0.3) is 0 Å². The average molecular weight is 198 g/mol. The maximum atomic E-state index is 11.6. The van der Waals surface area contributed by atoms with Crippen LogP contribution in [0.15, 0.2) is 0 Å². The van der Waals surface area contributed by atoms with Gasteiger partial charge in [-0.15, -0.1) is 0 Å². The highest BCUT2D eigenvalue weighted by Crippen LogP contribution is 2.31. The van der Waals surface area contributed by atoms with E-state index in [2.05, 4.69) is 5.32 Å². The van der Waals surface area contributed by atoms with E-state index in [-0.39, 0.29) is 6.03 Å². The van der Waals surface area contributed by atoms with E-state index in [4.69, 9.17) is 4.74 Å². The van der Waals surface area contributed by atoms with Crippen molar-refractivity contribution in [2.24, 2.45) is 5.92 Å². The lowest BCUT2D eigenvalue weighted by molar-refractivity contribution is 0.0532. The smallest absolute Gasteiger partial charge is 0.317 e. The second-order valence-corrected chi connectivity index (χ2v) is 4.06. The summed E-state index contributed by atoms with van der Waals surface area (Å²) >= 11 is 0. The molecule has 0 aromatic rings. The lowest BCUT2D eigenvalue weighted by Gasteiger charge is -2.26. The first-order valence-electron chi connectivity index (χ1n) is 5.47. The fraction of sp³-hybridized carbons (Fsp3) is 0.900. The minimum Gasteiger partial charge on any atom is -0.378 e. The molecule has 1 heterocycles. The Morgan fingerprint density at radius 3 is 2.71 bits per heavy atom. The Morgan fingerprint density at radius 1 is 1.36 bits per heavy atom. The number of rotatable bonds is 3. The van der Waals surface area contributed by atoms with Gasteiger partial charge < -0.3 is 15.0 Å². The summed E-state index contributed by atoms with van der Waals surface area (Å²) in [7, 11) is 0. The number of nitrogens with zero attached hydrogens (tertiary/aromatic N) is 1. The molecule has 2 aliphatic rings. The Morgan fingerprint density at radius 2 is 2.07 bits per heavy atom. The first-order valence-corrected chi connectivity index (χ1v) is 5.47. The molecule has 0 atom stereocenters. The van der Waals surface area contributed by atoms with Gasteiger partial charge in [-0.1, -0.05) is 12.8 Å². The van der Waals surface area contributed by atoms with Crippen LogP contribution in [-0.4, -0.2) is 43.8 Å². The van der Waals surface area contributed by atoms with Gasteiger partial charge in [-0.05, 0) is 12.3 Å². The van der Waals surface area contributed by atoms with Gasteiger partial charge in [0.15, 0.2) is 0 Å². The minimum absolute atomic E-state index is 0.0777. The second kappa shape index (κ2) is 4.64. The lowest BCUT2D eigenvalue weighted by atomic mass is 10.3. The number of urea groups is 1. The highest BCUT2D eigenvalue weighted by atomic mass is 16.5. The van der Waals surface area contributed by atoms with Crippen LogP contribution in [0, 0.1) is 5.92 Å². The van der Waals surface area contributed by atoms with Crippen molar-refractivity contribution in [1.29, 1.82) is 0 Å². The fourth-order valence-electron chi connectivity index (χ4n) is 1.67. The zero-order valence-corrected chi connectivity index (χ0v) is 8.50. The zero-order chi connectivity index (χ0) is 9.80. The number of hydrogen-bond donors (Lipinski definition) is 1. The summed E-state index contributed by atoms with van der Waals surface area (Å²) in [5.74, 6) is 0.889. The van der Waals surface area contributed by atoms with E-state index < -0.39 is 0 Å². The van der Waals surface area contributed by atoms with Gasteiger partial charge in [0.2, 0.25) is 0 Å². The zero-order valence-electron chi connectivity index (χ0n) is 8.50. The topological polar surface area (TPSA) is 41.6 Å². The van der Waals surface area contributed by atoms with E-state index in [9.17, 15) is 4.79 Å². The van der Waals surface area contributed by atoms with Crippen LogP contribution in [0.1, 0.15) is 19.3 Å². The SMILES string of the molecule is O=C(NCCC1CC1)N1CCOCC1. The highest BCUT2D eigenvalue weighted by molar-refractivity contribution is 5.74. The van der Waals surface area contributed by atoms with Crippen molar-refractivity contribution in [2.45, 2.75) is 19.3 Å². The Kier molecular flexibility index (Phi) is 3.24. The summed E-state index contributed by atoms with van der Waals surface area (Å²) in [5, 5.41) is 2.96. The van der Waals surface area contributed by atoms with Crippen LogP contribution >= 0.6 is 0 Å². The number of nitrogens with one attached hydrogen (secondary N) is 1. The largest absolute Gasteiger partial charge is 0.378 e. The Labute approximate surface area is 84.6 Å². The molecule has 2 fully saturated rings. The van der Waals surface area contributed by atoms with E-state index in [0.29, 0.717) is 13.2 Å². The van der Waals surface area contributed by atoms with Crippen LogP contribution in [-0.2, 0) is 4.74 Å². The van der Waals surface area contributed by atoms with Crippen molar-refractivity contribution < 1.29 is 9.53 Å². The minimum atomic E-state index is 0.0777. The van der Waals surface area contributed by atoms with Gasteiger partial charge in [0, 0.05) is 19.6 Å². The molecule has 2 rings (SSSR count). The van der Waals surface area contributed by atoms with E-state index in [1.54, 1.807) is 0 Å². The van der Waals surface area contributed by atoms with Crippen LogP contribution in [0.3, 0.4) is 0 Å². The number of carbonyl (C=O) groups excluding carboxylic acids is 1. The molecule has 1 N–H and O–H groups in total. The fourth-order valence-corrected chi connectivity index (χ4v) is 1.67. The molecule has 14 heavy (non-hydrogen) atoms. The van der Waals surface area contributed by atoms with Gasteiger partial charge in [-0.2, -0.15) is 0 Å². The van der Waals surface area contributed by atoms with Crippen molar-refractivity contribution in [3.63, 3.8) is 0 Å². The molecule has 0 bridgehead atoms. The summed E-state index contributed by atoms with van der Waals surface area (Å²) in [4.78, 5) is 13.4. The maximum absolute atomic E-state index is 11.6. The van der Waals surface area contributed by atoms with Crippen LogP contribution in [0.4, 0.5) is 4.79 Å². The Hall–Kier alpha value is -0.770. The summed E-state index contributed by atoms with van der Waals surface area (Å²) in [6.07, 6.45) is 3.86. The van der Waals surface area contributed by atoms with E-state index in [1.807, 2.05) is 4.90 Å². The quantitative estimate of drug-likeness (QED) is 0.729. The molecule has 0 radical (unpaired) electrons. The number of amides is 2. The molecule has 2 amide bonds. The van der Waals surface area contributed by atoms with E-state index >= 15 is 0 Å². The number of ether oxygens (including phenoxy) is 1. The molecule has 1 saturated carbocycles. The Bertz CT molecular complexity index is 198. The van der Waals surface area contributed by atoms with Gasteiger partial charge in [-0.3, -0.25) is 0 Å². The van der Waals surface area contributed by atoms with Gasteiger partial charge in [0.05, 0.1) is 13.2 Å². The lowest BCUT2D eigenvalue weighted by Crippen LogP contribution is -2.46. The molecule has 0 unspecified atom stereocenters. The average Bonchev–Trinajstić information content (AvgIpc) is 3.03. The van der Waals surface area contributed by atoms with E-state index in [1.165, 1.54) is 12.8 Å². The van der Waals surface area contributed by atoms with Crippen LogP contribution < -0.4 is 5.32 Å². The molecule has 0 aromatic carbocycles. The molecule has 80 valence electrons. The van der Waals surface area contributed by atoms with Crippen molar-refractivity contribution >= 4 is 6.03 Å². The van der Waals surface area contributed by atoms with Crippen LogP contribution in [0.5, 0.6) is 0 Å². The van der Waals surface area contributed by atoms with Crippen molar-refractivity contribution in [3.8, 4) is 0 Å². The van der Waals surface area contributed by atoms with Gasteiger partial charge in [0.1, 0.15) is 0 Å². The van der Waals surface area contributed by atoms with Crippen molar-refractivity contribution in [2.75, 3.05) is 32.8 Å². The summed E-state index contributed by atoms with van der Waals surface area (Å²) in [5.41, 5.74) is 0.